The highest BCUT2D eigenvalue weighted by Crippen LogP contribution is 2.13. The lowest BCUT2D eigenvalue weighted by Crippen LogP contribution is -1.91. The number of hydrogen-bond acceptors (Lipinski definition) is 1. The second kappa shape index (κ2) is 3.75. The van der Waals surface area contributed by atoms with E-state index in [2.05, 4.69) is 12.5 Å². The summed E-state index contributed by atoms with van der Waals surface area (Å²) in [6.45, 7) is 3.49. The zero-order chi connectivity index (χ0) is 8.97. The molecule has 0 aliphatic carbocycles. The summed E-state index contributed by atoms with van der Waals surface area (Å²) in [5.74, 6) is 2.50. The topological polar surface area (TPSA) is 20.2 Å². The Balaban J connectivity index is 2.93. The Morgan fingerprint density at radius 3 is 2.42 bits per heavy atom. The molecule has 0 radical (unpaired) electrons. The second-order valence-corrected chi connectivity index (χ2v) is 2.45. The molecule has 12 heavy (non-hydrogen) atoms. The Morgan fingerprint density at radius 1 is 1.42 bits per heavy atom. The van der Waals surface area contributed by atoms with E-state index in [0.29, 0.717) is 0 Å². The summed E-state index contributed by atoms with van der Waals surface area (Å²) < 4.78 is 0. The molecule has 1 aromatic carbocycles. The molecule has 1 aromatic rings. The van der Waals surface area contributed by atoms with E-state index in [1.807, 2.05) is 0 Å². The van der Waals surface area contributed by atoms with Gasteiger partial charge in [0.2, 0.25) is 0 Å². The fraction of sp³-hybridized carbons (Fsp3) is 0.0909. The first kappa shape index (κ1) is 8.58. The molecule has 1 heteroatoms. The fourth-order valence-electron chi connectivity index (χ4n) is 0.913. The van der Waals surface area contributed by atoms with Crippen LogP contribution in [0.2, 0.25) is 0 Å². The van der Waals surface area contributed by atoms with Crippen molar-refractivity contribution >= 4 is 0 Å². The fourth-order valence-corrected chi connectivity index (χ4v) is 0.913. The molecular weight excluding hydrogens is 148 g/mol. The van der Waals surface area contributed by atoms with Crippen molar-refractivity contribution in [2.45, 2.75) is 6.10 Å². The van der Waals surface area contributed by atoms with Crippen LogP contribution in [0, 0.1) is 12.3 Å². The number of rotatable bonds is 2. The van der Waals surface area contributed by atoms with Crippen molar-refractivity contribution < 1.29 is 5.11 Å². The highest BCUT2D eigenvalue weighted by molar-refractivity contribution is 5.35. The summed E-state index contributed by atoms with van der Waals surface area (Å²) in [6, 6.07) is 7.17. The van der Waals surface area contributed by atoms with Gasteiger partial charge in [-0.1, -0.05) is 24.1 Å². The molecule has 0 heterocycles. The predicted molar refractivity (Wildman–Crippen MR) is 49.5 cm³/mol. The summed E-state index contributed by atoms with van der Waals surface area (Å²) in [6.07, 6.45) is 6.05. The molecule has 1 rings (SSSR count). The van der Waals surface area contributed by atoms with Gasteiger partial charge in [0.05, 0.1) is 6.10 Å². The van der Waals surface area contributed by atoms with Gasteiger partial charge in [-0.2, -0.15) is 0 Å². The molecule has 0 aliphatic rings. The van der Waals surface area contributed by atoms with E-state index in [9.17, 15) is 5.11 Å². The molecule has 0 bridgehead atoms. The van der Waals surface area contributed by atoms with E-state index >= 15 is 0 Å². The average Bonchev–Trinajstić information content (AvgIpc) is 2.17. The van der Waals surface area contributed by atoms with Crippen LogP contribution in [0.1, 0.15) is 17.2 Å². The Hall–Kier alpha value is -1.52. The largest absolute Gasteiger partial charge is 0.384 e. The summed E-state index contributed by atoms with van der Waals surface area (Å²) in [7, 11) is 0. The first-order chi connectivity index (χ1) is 5.77. The normalized spacial score (nSPS) is 11.7. The predicted octanol–water partition coefficient (Wildman–Crippen LogP) is 1.89. The zero-order valence-corrected chi connectivity index (χ0v) is 6.70. The molecule has 1 N–H and O–H groups in total. The van der Waals surface area contributed by atoms with Crippen LogP contribution in [0.15, 0.2) is 36.9 Å². The minimum atomic E-state index is -0.600. The smallest absolute Gasteiger partial charge is 0.0969 e. The van der Waals surface area contributed by atoms with Crippen molar-refractivity contribution in [1.82, 2.24) is 0 Å². The van der Waals surface area contributed by atoms with Gasteiger partial charge in [-0.25, -0.2) is 0 Å². The van der Waals surface area contributed by atoms with Gasteiger partial charge in [0.15, 0.2) is 0 Å². The third-order valence-corrected chi connectivity index (χ3v) is 1.64. The van der Waals surface area contributed by atoms with Gasteiger partial charge in [-0.3, -0.25) is 0 Å². The monoisotopic (exact) mass is 158 g/mol. The quantitative estimate of drug-likeness (QED) is 0.514. The van der Waals surface area contributed by atoms with E-state index < -0.39 is 6.10 Å². The molecule has 1 unspecified atom stereocenters. The summed E-state index contributed by atoms with van der Waals surface area (Å²) in [4.78, 5) is 0. The third kappa shape index (κ3) is 1.75. The molecule has 0 saturated heterocycles. The Labute approximate surface area is 72.4 Å². The van der Waals surface area contributed by atoms with Crippen LogP contribution in [-0.2, 0) is 0 Å². The van der Waals surface area contributed by atoms with Crippen LogP contribution in [-0.4, -0.2) is 5.11 Å². The van der Waals surface area contributed by atoms with Gasteiger partial charge in [0.25, 0.3) is 0 Å². The Bertz CT molecular complexity index is 303. The van der Waals surface area contributed by atoms with E-state index in [0.717, 1.165) is 11.1 Å². The number of hydrogen-bond donors (Lipinski definition) is 1. The first-order valence-corrected chi connectivity index (χ1v) is 3.65. The lowest BCUT2D eigenvalue weighted by molar-refractivity contribution is 0.229. The third-order valence-electron chi connectivity index (χ3n) is 1.64. The van der Waals surface area contributed by atoms with Crippen molar-refractivity contribution in [2.75, 3.05) is 0 Å². The van der Waals surface area contributed by atoms with Crippen LogP contribution in [0.3, 0.4) is 0 Å². The van der Waals surface area contributed by atoms with Gasteiger partial charge in [0.1, 0.15) is 0 Å². The number of aliphatic hydroxyl groups is 1. The molecule has 0 saturated carbocycles. The van der Waals surface area contributed by atoms with Gasteiger partial charge >= 0.3 is 0 Å². The number of benzene rings is 1. The molecule has 1 atom stereocenters. The highest BCUT2D eigenvalue weighted by Gasteiger charge is 2.00. The summed E-state index contributed by atoms with van der Waals surface area (Å²) in [5.41, 5.74) is 1.62. The van der Waals surface area contributed by atoms with Crippen LogP contribution in [0.25, 0.3) is 0 Å². The number of terminal acetylenes is 1. The molecule has 0 aliphatic heterocycles. The molecule has 1 nitrogen and oxygen atoms in total. The first-order valence-electron chi connectivity index (χ1n) is 3.65. The van der Waals surface area contributed by atoms with Crippen LogP contribution >= 0.6 is 0 Å². The average molecular weight is 158 g/mol. The molecule has 0 spiro atoms. The lowest BCUT2D eigenvalue weighted by Gasteiger charge is -2.04. The molecule has 60 valence electrons. The van der Waals surface area contributed by atoms with E-state index in [1.165, 1.54) is 6.08 Å². The maximum absolute atomic E-state index is 9.32. The molecule has 0 amide bonds. The maximum Gasteiger partial charge on any atom is 0.0969 e. The van der Waals surface area contributed by atoms with Gasteiger partial charge in [-0.05, 0) is 17.7 Å². The van der Waals surface area contributed by atoms with Crippen LogP contribution in [0.4, 0.5) is 0 Å². The maximum atomic E-state index is 9.32. The van der Waals surface area contributed by atoms with E-state index in [-0.39, 0.29) is 0 Å². The Kier molecular flexibility index (Phi) is 2.68. The SMILES string of the molecule is C#Cc1ccc(C(O)C=C)cc1. The van der Waals surface area contributed by atoms with Crippen molar-refractivity contribution in [2.24, 2.45) is 0 Å². The van der Waals surface area contributed by atoms with E-state index in [1.54, 1.807) is 24.3 Å². The second-order valence-electron chi connectivity index (χ2n) is 2.45. The highest BCUT2D eigenvalue weighted by atomic mass is 16.3. The summed E-state index contributed by atoms with van der Waals surface area (Å²) in [5, 5.41) is 9.32. The van der Waals surface area contributed by atoms with Gasteiger partial charge < -0.3 is 5.11 Å². The lowest BCUT2D eigenvalue weighted by atomic mass is 10.1. The molecule has 0 aromatic heterocycles. The van der Waals surface area contributed by atoms with Gasteiger partial charge in [0, 0.05) is 5.56 Å². The Morgan fingerprint density at radius 2 is 2.00 bits per heavy atom. The van der Waals surface area contributed by atoms with E-state index in [4.69, 9.17) is 6.42 Å². The van der Waals surface area contributed by atoms with Crippen LogP contribution in [0.5, 0.6) is 0 Å². The molecular formula is C11H10O. The van der Waals surface area contributed by atoms with Crippen molar-refractivity contribution in [1.29, 1.82) is 0 Å². The minimum absolute atomic E-state index is 0.600. The van der Waals surface area contributed by atoms with Crippen molar-refractivity contribution in [3.8, 4) is 12.3 Å². The van der Waals surface area contributed by atoms with Crippen molar-refractivity contribution in [3.05, 3.63) is 48.0 Å². The van der Waals surface area contributed by atoms with Crippen LogP contribution < -0.4 is 0 Å². The van der Waals surface area contributed by atoms with Crippen molar-refractivity contribution in [3.63, 3.8) is 0 Å². The van der Waals surface area contributed by atoms with Gasteiger partial charge in [-0.15, -0.1) is 13.0 Å². The summed E-state index contributed by atoms with van der Waals surface area (Å²) >= 11 is 0. The zero-order valence-electron chi connectivity index (χ0n) is 6.70. The minimum Gasteiger partial charge on any atom is -0.384 e. The number of aliphatic hydroxyl groups excluding tert-OH is 1. The molecule has 0 fully saturated rings. The standard InChI is InChI=1S/C11H10O/c1-3-9-5-7-10(8-6-9)11(12)4-2/h1,4-8,11-12H,2H2.